The molecule has 6 N–H and O–H groups in total. The van der Waals surface area contributed by atoms with E-state index >= 15 is 0 Å². The Morgan fingerprint density at radius 3 is 2.07 bits per heavy atom. The molecule has 2 atom stereocenters. The number of amides is 1. The van der Waals surface area contributed by atoms with Crippen LogP contribution in [0.1, 0.15) is 60.8 Å². The molecule has 0 radical (unpaired) electrons. The number of hydrogen-bond donors (Lipinski definition) is 6. The molecule has 3 aromatic carbocycles. The van der Waals surface area contributed by atoms with Crippen molar-refractivity contribution < 1.29 is 49.4 Å². The van der Waals surface area contributed by atoms with Gasteiger partial charge in [0.05, 0.1) is 22.7 Å². The van der Waals surface area contributed by atoms with E-state index in [1.54, 1.807) is 0 Å². The second-order valence-electron chi connectivity index (χ2n) is 9.84. The molecule has 3 aromatic rings. The predicted molar refractivity (Wildman–Crippen MR) is 144 cm³/mol. The van der Waals surface area contributed by atoms with Gasteiger partial charge in [-0.15, -0.1) is 0 Å². The van der Waals surface area contributed by atoms with Gasteiger partial charge in [-0.05, 0) is 62.4 Å². The van der Waals surface area contributed by atoms with Crippen LogP contribution in [0.2, 0.25) is 0 Å². The number of phenolic OH excluding ortho intramolecular Hbond substituents is 4. The van der Waals surface area contributed by atoms with Crippen LogP contribution in [0.5, 0.6) is 23.0 Å². The topological polar surface area (TPSA) is 194 Å². The van der Waals surface area contributed by atoms with Crippen LogP contribution >= 0.6 is 0 Å². The van der Waals surface area contributed by atoms with Crippen LogP contribution in [-0.4, -0.2) is 85.3 Å². The number of carboxylic acid groups (broad SMARTS) is 1. The maximum absolute atomic E-state index is 13.1. The Morgan fingerprint density at radius 1 is 0.854 bits per heavy atom. The van der Waals surface area contributed by atoms with E-state index in [9.17, 15) is 44.7 Å². The molecule has 0 aliphatic carbocycles. The van der Waals surface area contributed by atoms with Gasteiger partial charge in [0.15, 0.2) is 0 Å². The van der Waals surface area contributed by atoms with Gasteiger partial charge < -0.3 is 35.6 Å². The minimum atomic E-state index is -1.51. The summed E-state index contributed by atoms with van der Waals surface area (Å²) in [6, 6.07) is 10.2. The standard InChI is InChI=1S/C29H28N2O10/c1-14(2)31-12-19(30-27(37)15-6-8-17(32)9-7-15)23(13-31)41-29(40)16-10-21(34)25(22(35)11-16)26(36)24-18(28(38)39)4-3-5-20(24)33/h3-11,14,19,23,32-35H,12-13H2,1-2H3,(H,30,37)(H,38,39)/t19-,23-/m1/s1. The zero-order valence-corrected chi connectivity index (χ0v) is 22.1. The molecular weight excluding hydrogens is 536 g/mol. The number of rotatable bonds is 8. The lowest BCUT2D eigenvalue weighted by Gasteiger charge is -2.21. The van der Waals surface area contributed by atoms with E-state index in [2.05, 4.69) is 5.32 Å². The van der Waals surface area contributed by atoms with Gasteiger partial charge in [-0.3, -0.25) is 14.5 Å². The van der Waals surface area contributed by atoms with E-state index in [0.717, 1.165) is 24.3 Å². The van der Waals surface area contributed by atoms with Crippen molar-refractivity contribution in [2.75, 3.05) is 13.1 Å². The van der Waals surface area contributed by atoms with Crippen molar-refractivity contribution in [2.45, 2.75) is 32.0 Å². The Hall–Kier alpha value is -5.10. The zero-order valence-electron chi connectivity index (χ0n) is 22.1. The average Bonchev–Trinajstić information content (AvgIpc) is 3.30. The molecule has 12 nitrogen and oxygen atoms in total. The lowest BCUT2D eigenvalue weighted by atomic mass is 9.95. The third-order valence-corrected chi connectivity index (χ3v) is 6.79. The van der Waals surface area contributed by atoms with Gasteiger partial charge in [0, 0.05) is 24.7 Å². The molecule has 41 heavy (non-hydrogen) atoms. The molecule has 1 saturated heterocycles. The summed E-state index contributed by atoms with van der Waals surface area (Å²) in [4.78, 5) is 52.4. The third-order valence-electron chi connectivity index (χ3n) is 6.79. The third kappa shape index (κ3) is 6.07. The summed E-state index contributed by atoms with van der Waals surface area (Å²) in [6.45, 7) is 4.53. The lowest BCUT2D eigenvalue weighted by Crippen LogP contribution is -2.44. The number of aromatic hydroxyl groups is 4. The molecule has 1 heterocycles. The first-order valence-electron chi connectivity index (χ1n) is 12.6. The Labute approximate surface area is 234 Å². The number of carboxylic acids is 1. The average molecular weight is 565 g/mol. The fraction of sp³-hybridized carbons (Fsp3) is 0.241. The van der Waals surface area contributed by atoms with Crippen LogP contribution in [0.4, 0.5) is 0 Å². The number of likely N-dealkylation sites (tertiary alicyclic amines) is 1. The summed E-state index contributed by atoms with van der Waals surface area (Å²) in [6.07, 6.45) is -0.809. The van der Waals surface area contributed by atoms with Crippen LogP contribution in [0, 0.1) is 0 Å². The first-order valence-corrected chi connectivity index (χ1v) is 12.6. The molecule has 4 rings (SSSR count). The maximum Gasteiger partial charge on any atom is 0.338 e. The number of nitrogens with zero attached hydrogens (tertiary/aromatic N) is 1. The summed E-state index contributed by atoms with van der Waals surface area (Å²) in [5.74, 6) is -6.43. The molecule has 0 unspecified atom stereocenters. The van der Waals surface area contributed by atoms with Crippen LogP contribution in [0.3, 0.4) is 0 Å². The van der Waals surface area contributed by atoms with E-state index in [0.29, 0.717) is 12.1 Å². The Kier molecular flexibility index (Phi) is 8.15. The molecule has 0 bridgehead atoms. The fourth-order valence-corrected chi connectivity index (χ4v) is 4.60. The van der Waals surface area contributed by atoms with Crippen molar-refractivity contribution in [3.05, 3.63) is 82.4 Å². The molecule has 12 heteroatoms. The minimum Gasteiger partial charge on any atom is -0.508 e. The number of ether oxygens (including phenoxy) is 1. The van der Waals surface area contributed by atoms with Gasteiger partial charge in [0.25, 0.3) is 5.91 Å². The van der Waals surface area contributed by atoms with Crippen molar-refractivity contribution >= 4 is 23.6 Å². The van der Waals surface area contributed by atoms with E-state index in [4.69, 9.17) is 4.74 Å². The quantitative estimate of drug-likeness (QED) is 0.174. The summed E-state index contributed by atoms with van der Waals surface area (Å²) < 4.78 is 5.65. The van der Waals surface area contributed by atoms with Gasteiger partial charge >= 0.3 is 11.9 Å². The summed E-state index contributed by atoms with van der Waals surface area (Å²) in [5.41, 5.74) is -1.92. The number of benzene rings is 3. The molecule has 214 valence electrons. The van der Waals surface area contributed by atoms with Gasteiger partial charge in [0.2, 0.25) is 5.78 Å². The second kappa shape index (κ2) is 11.6. The minimum absolute atomic E-state index is 0.00215. The highest BCUT2D eigenvalue weighted by Gasteiger charge is 2.38. The van der Waals surface area contributed by atoms with Crippen LogP contribution < -0.4 is 5.32 Å². The number of nitrogens with one attached hydrogen (secondary N) is 1. The summed E-state index contributed by atoms with van der Waals surface area (Å²) in [5, 5.41) is 53.0. The normalized spacial score (nSPS) is 16.9. The highest BCUT2D eigenvalue weighted by atomic mass is 16.5. The Morgan fingerprint density at radius 2 is 1.49 bits per heavy atom. The van der Waals surface area contributed by atoms with Crippen molar-refractivity contribution in [2.24, 2.45) is 0 Å². The molecule has 0 saturated carbocycles. The molecule has 1 amide bonds. The van der Waals surface area contributed by atoms with E-state index in [1.807, 2.05) is 18.7 Å². The van der Waals surface area contributed by atoms with Gasteiger partial charge in [-0.25, -0.2) is 9.59 Å². The highest BCUT2D eigenvalue weighted by Crippen LogP contribution is 2.35. The molecule has 1 fully saturated rings. The van der Waals surface area contributed by atoms with Gasteiger partial charge in [-0.1, -0.05) is 6.07 Å². The van der Waals surface area contributed by atoms with Crippen LogP contribution in [-0.2, 0) is 4.74 Å². The van der Waals surface area contributed by atoms with Crippen LogP contribution in [0.25, 0.3) is 0 Å². The van der Waals surface area contributed by atoms with Crippen molar-refractivity contribution in [3.63, 3.8) is 0 Å². The summed E-state index contributed by atoms with van der Waals surface area (Å²) in [7, 11) is 0. The molecule has 0 aromatic heterocycles. The highest BCUT2D eigenvalue weighted by molar-refractivity contribution is 6.18. The van der Waals surface area contributed by atoms with Gasteiger partial charge in [0.1, 0.15) is 34.7 Å². The number of ketones is 1. The largest absolute Gasteiger partial charge is 0.508 e. The Bertz CT molecular complexity index is 1490. The first-order chi connectivity index (χ1) is 19.4. The number of hydrogen-bond acceptors (Lipinski definition) is 10. The molecule has 1 aliphatic rings. The first kappa shape index (κ1) is 28.9. The number of phenols is 4. The van der Waals surface area contributed by atoms with E-state index in [1.165, 1.54) is 30.3 Å². The number of esters is 1. The second-order valence-corrected chi connectivity index (χ2v) is 9.84. The monoisotopic (exact) mass is 564 g/mol. The van der Waals surface area contributed by atoms with Crippen molar-refractivity contribution in [1.82, 2.24) is 10.2 Å². The lowest BCUT2D eigenvalue weighted by molar-refractivity contribution is 0.0260. The predicted octanol–water partition coefficient (Wildman–Crippen LogP) is 2.49. The van der Waals surface area contributed by atoms with Crippen molar-refractivity contribution in [3.8, 4) is 23.0 Å². The number of aromatic carboxylic acids is 1. The smallest absolute Gasteiger partial charge is 0.338 e. The van der Waals surface area contributed by atoms with E-state index < -0.39 is 69.7 Å². The van der Waals surface area contributed by atoms with Crippen LogP contribution in [0.15, 0.2) is 54.6 Å². The molecule has 0 spiro atoms. The molecular formula is C29H28N2O10. The SMILES string of the molecule is CC(C)N1C[C@@H](NC(=O)c2ccc(O)cc2)[C@H](OC(=O)c2cc(O)c(C(=O)c3c(O)cccc3C(=O)O)c(O)c2)C1. The summed E-state index contributed by atoms with van der Waals surface area (Å²) >= 11 is 0. The van der Waals surface area contributed by atoms with Gasteiger partial charge in [-0.2, -0.15) is 0 Å². The maximum atomic E-state index is 13.1. The zero-order chi connectivity index (χ0) is 30.0. The van der Waals surface area contributed by atoms with E-state index in [-0.39, 0.29) is 23.9 Å². The molecule has 1 aliphatic heterocycles. The van der Waals surface area contributed by atoms with Crippen molar-refractivity contribution in [1.29, 1.82) is 0 Å². The number of carbonyl (C=O) groups excluding carboxylic acids is 3. The fourth-order valence-electron chi connectivity index (χ4n) is 4.60. The number of carbonyl (C=O) groups is 4. The Balaban J connectivity index is 1.56.